The number of carbonyl (C=O) groups excluding carboxylic acids is 1. The molecule has 1 heterocycles. The van der Waals surface area contributed by atoms with Crippen LogP contribution in [-0.4, -0.2) is 19.2 Å². The van der Waals surface area contributed by atoms with Crippen LogP contribution in [0.25, 0.3) is 10.4 Å². The Morgan fingerprint density at radius 3 is 2.75 bits per heavy atom. The number of fused-ring (bicyclic) bond motifs is 1. The van der Waals surface area contributed by atoms with Crippen LogP contribution in [0.5, 0.6) is 5.75 Å². The van der Waals surface area contributed by atoms with E-state index in [1.54, 1.807) is 18.2 Å². The van der Waals surface area contributed by atoms with Gasteiger partial charge in [-0.15, -0.1) is 0 Å². The van der Waals surface area contributed by atoms with E-state index in [0.717, 1.165) is 0 Å². The molecule has 3 rings (SSSR count). The van der Waals surface area contributed by atoms with Gasteiger partial charge in [-0.3, -0.25) is 0 Å². The van der Waals surface area contributed by atoms with Crippen molar-refractivity contribution in [2.45, 2.75) is 13.0 Å². The lowest BCUT2D eigenvalue weighted by Crippen LogP contribution is -2.16. The average molecular weight is 323 g/mol. The molecule has 0 saturated heterocycles. The minimum absolute atomic E-state index is 0.238. The summed E-state index contributed by atoms with van der Waals surface area (Å²) in [5.41, 5.74) is 2.47. The van der Waals surface area contributed by atoms with Crippen LogP contribution in [0.15, 0.2) is 42.5 Å². The fraction of sp³-hybridized carbons (Fsp3) is 0.158. The Kier molecular flexibility index (Phi) is 4.05. The van der Waals surface area contributed by atoms with Gasteiger partial charge in [0.1, 0.15) is 17.7 Å². The van der Waals surface area contributed by atoms with Crippen molar-refractivity contribution in [2.24, 2.45) is 0 Å². The summed E-state index contributed by atoms with van der Waals surface area (Å²) in [5.74, 6) is -0.323. The topological polar surface area (TPSA) is 39.9 Å². The third kappa shape index (κ3) is 2.74. The molecule has 1 aliphatic heterocycles. The number of ether oxygens (including phenoxy) is 2. The van der Waals surface area contributed by atoms with Crippen LogP contribution in [0.3, 0.4) is 0 Å². The van der Waals surface area contributed by atoms with Gasteiger partial charge < -0.3 is 9.47 Å². The van der Waals surface area contributed by atoms with Crippen LogP contribution in [0.1, 0.15) is 28.4 Å². The SMILES string of the molecule is [C-]#[N+]c1ccc(F)cc1C1=CC(C)Oc2ccc(C(=O)OC)cc21. The number of hydrogen-bond donors (Lipinski definition) is 0. The summed E-state index contributed by atoms with van der Waals surface area (Å²) < 4.78 is 24.2. The van der Waals surface area contributed by atoms with E-state index in [0.29, 0.717) is 33.7 Å². The van der Waals surface area contributed by atoms with Crippen LogP contribution in [-0.2, 0) is 4.74 Å². The monoisotopic (exact) mass is 323 g/mol. The number of halogens is 1. The molecule has 0 radical (unpaired) electrons. The van der Waals surface area contributed by atoms with Crippen LogP contribution in [0, 0.1) is 12.4 Å². The molecule has 0 aliphatic carbocycles. The molecular formula is C19H14FNO3. The summed E-state index contributed by atoms with van der Waals surface area (Å²) in [6, 6.07) is 8.96. The number of nitrogens with zero attached hydrogens (tertiary/aromatic N) is 1. The third-order valence-electron chi connectivity index (χ3n) is 3.77. The van der Waals surface area contributed by atoms with Gasteiger partial charge in [0.2, 0.25) is 0 Å². The number of methoxy groups -OCH3 is 1. The third-order valence-corrected chi connectivity index (χ3v) is 3.77. The Labute approximate surface area is 139 Å². The van der Waals surface area contributed by atoms with Crippen LogP contribution < -0.4 is 4.74 Å². The fourth-order valence-corrected chi connectivity index (χ4v) is 2.70. The minimum atomic E-state index is -0.472. The van der Waals surface area contributed by atoms with Crippen molar-refractivity contribution in [3.8, 4) is 5.75 Å². The highest BCUT2D eigenvalue weighted by atomic mass is 19.1. The molecule has 2 aromatic rings. The molecule has 1 aliphatic rings. The van der Waals surface area contributed by atoms with Crippen LogP contribution >= 0.6 is 0 Å². The highest BCUT2D eigenvalue weighted by Crippen LogP contribution is 2.40. The standard InChI is InChI=1S/C19H14FNO3/c1-11-8-14(15-10-13(20)5-6-17(15)21-2)16-9-12(19(22)23-3)4-7-18(16)24-11/h4-11H,1,3H3. The Morgan fingerprint density at radius 1 is 1.25 bits per heavy atom. The van der Waals surface area contributed by atoms with Crippen molar-refractivity contribution in [2.75, 3.05) is 7.11 Å². The van der Waals surface area contributed by atoms with Gasteiger partial charge in [-0.05, 0) is 54.5 Å². The number of benzene rings is 2. The summed E-state index contributed by atoms with van der Waals surface area (Å²) in [7, 11) is 1.31. The molecule has 0 fully saturated rings. The summed E-state index contributed by atoms with van der Waals surface area (Å²) in [6.45, 7) is 9.17. The molecule has 0 N–H and O–H groups in total. The van der Waals surface area contributed by atoms with Gasteiger partial charge in [-0.25, -0.2) is 14.0 Å². The lowest BCUT2D eigenvalue weighted by molar-refractivity contribution is 0.0600. The highest BCUT2D eigenvalue weighted by molar-refractivity contribution is 5.95. The van der Waals surface area contributed by atoms with Crippen molar-refractivity contribution >= 4 is 17.2 Å². The highest BCUT2D eigenvalue weighted by Gasteiger charge is 2.23. The molecule has 0 saturated carbocycles. The van der Waals surface area contributed by atoms with E-state index in [-0.39, 0.29) is 6.10 Å². The lowest BCUT2D eigenvalue weighted by atomic mass is 9.91. The first kappa shape index (κ1) is 15.8. The Hall–Kier alpha value is -3.13. The maximum absolute atomic E-state index is 13.7. The summed E-state index contributed by atoms with van der Waals surface area (Å²) in [5, 5.41) is 0. The van der Waals surface area contributed by atoms with E-state index in [1.165, 1.54) is 25.3 Å². The van der Waals surface area contributed by atoms with E-state index in [1.807, 2.05) is 13.0 Å². The fourth-order valence-electron chi connectivity index (χ4n) is 2.70. The van der Waals surface area contributed by atoms with E-state index in [2.05, 4.69) is 4.85 Å². The number of carbonyl (C=O) groups is 1. The van der Waals surface area contributed by atoms with Crippen molar-refractivity contribution in [3.63, 3.8) is 0 Å². The molecule has 0 bridgehead atoms. The molecule has 5 heteroatoms. The molecule has 1 unspecified atom stereocenters. The Bertz CT molecular complexity index is 896. The number of rotatable bonds is 2. The van der Waals surface area contributed by atoms with E-state index in [4.69, 9.17) is 16.0 Å². The van der Waals surface area contributed by atoms with E-state index in [9.17, 15) is 9.18 Å². The largest absolute Gasteiger partial charge is 0.486 e. The second kappa shape index (κ2) is 6.17. The molecule has 0 aromatic heterocycles. The second-order valence-electron chi connectivity index (χ2n) is 5.38. The zero-order valence-electron chi connectivity index (χ0n) is 13.2. The van der Waals surface area contributed by atoms with Crippen molar-refractivity contribution in [1.82, 2.24) is 0 Å². The minimum Gasteiger partial charge on any atom is -0.486 e. The van der Waals surface area contributed by atoms with Gasteiger partial charge in [0.25, 0.3) is 0 Å². The van der Waals surface area contributed by atoms with Crippen molar-refractivity contribution in [3.05, 3.63) is 76.4 Å². The summed E-state index contributed by atoms with van der Waals surface area (Å²) in [4.78, 5) is 15.3. The predicted octanol–water partition coefficient (Wildman–Crippen LogP) is 4.38. The molecule has 1 atom stereocenters. The lowest BCUT2D eigenvalue weighted by Gasteiger charge is -2.24. The zero-order valence-corrected chi connectivity index (χ0v) is 13.2. The first-order valence-corrected chi connectivity index (χ1v) is 7.32. The Morgan fingerprint density at radius 2 is 2.04 bits per heavy atom. The van der Waals surface area contributed by atoms with Gasteiger partial charge >= 0.3 is 5.97 Å². The first-order valence-electron chi connectivity index (χ1n) is 7.32. The molecular weight excluding hydrogens is 309 g/mol. The number of hydrogen-bond acceptors (Lipinski definition) is 3. The number of esters is 1. The van der Waals surface area contributed by atoms with Gasteiger partial charge in [-0.2, -0.15) is 0 Å². The Balaban J connectivity index is 2.22. The summed E-state index contributed by atoms with van der Waals surface area (Å²) in [6.07, 6.45) is 1.57. The van der Waals surface area contributed by atoms with Gasteiger partial charge in [0, 0.05) is 5.56 Å². The molecule has 4 nitrogen and oxygen atoms in total. The van der Waals surface area contributed by atoms with Crippen molar-refractivity contribution in [1.29, 1.82) is 0 Å². The quantitative estimate of drug-likeness (QED) is 0.608. The molecule has 2 aromatic carbocycles. The van der Waals surface area contributed by atoms with Crippen molar-refractivity contribution < 1.29 is 18.7 Å². The van der Waals surface area contributed by atoms with E-state index >= 15 is 0 Å². The van der Waals surface area contributed by atoms with Gasteiger partial charge in [-0.1, -0.05) is 6.07 Å². The molecule has 0 amide bonds. The normalized spacial score (nSPS) is 15.6. The first-order chi connectivity index (χ1) is 11.5. The van der Waals surface area contributed by atoms with Gasteiger partial charge in [0.15, 0.2) is 5.69 Å². The van der Waals surface area contributed by atoms with E-state index < -0.39 is 11.8 Å². The van der Waals surface area contributed by atoms with Crippen LogP contribution in [0.4, 0.5) is 10.1 Å². The maximum Gasteiger partial charge on any atom is 0.337 e. The van der Waals surface area contributed by atoms with Crippen LogP contribution in [0.2, 0.25) is 0 Å². The smallest absolute Gasteiger partial charge is 0.337 e. The molecule has 0 spiro atoms. The predicted molar refractivity (Wildman–Crippen MR) is 87.6 cm³/mol. The zero-order chi connectivity index (χ0) is 17.3. The average Bonchev–Trinajstić information content (AvgIpc) is 2.59. The molecule has 120 valence electrons. The van der Waals surface area contributed by atoms with Gasteiger partial charge in [0.05, 0.1) is 19.2 Å². The maximum atomic E-state index is 13.7. The molecule has 24 heavy (non-hydrogen) atoms. The second-order valence-corrected chi connectivity index (χ2v) is 5.38. The summed E-state index contributed by atoms with van der Waals surface area (Å²) >= 11 is 0.